The van der Waals surface area contributed by atoms with E-state index in [4.69, 9.17) is 24.9 Å². The van der Waals surface area contributed by atoms with Crippen LogP contribution in [0.2, 0.25) is 0 Å². The van der Waals surface area contributed by atoms with E-state index < -0.39 is 0 Å². The molecule has 0 atom stereocenters. The first-order chi connectivity index (χ1) is 24.8. The molecule has 3 heterocycles. The molecule has 234 valence electrons. The topological polar surface area (TPSA) is 64.5 Å². The Hall–Kier alpha value is -6.85. The number of hydrogen-bond donors (Lipinski definition) is 0. The lowest BCUT2D eigenvalue weighted by atomic mass is 9.97. The van der Waals surface area contributed by atoms with E-state index in [0.717, 1.165) is 66.4 Å². The second-order valence-corrected chi connectivity index (χ2v) is 12.1. The zero-order valence-electron chi connectivity index (χ0n) is 27.0. The van der Waals surface area contributed by atoms with E-state index in [-0.39, 0.29) is 0 Å². The predicted molar refractivity (Wildman–Crippen MR) is 203 cm³/mol. The molecule has 0 fully saturated rings. The van der Waals surface area contributed by atoms with Crippen molar-refractivity contribution in [3.05, 3.63) is 176 Å². The summed E-state index contributed by atoms with van der Waals surface area (Å²) in [5.41, 5.74) is 10.6. The average molecular weight is 640 g/mol. The fourth-order valence-corrected chi connectivity index (χ4v) is 6.39. The van der Waals surface area contributed by atoms with Crippen LogP contribution in [0.15, 0.2) is 176 Å². The summed E-state index contributed by atoms with van der Waals surface area (Å²) < 4.78 is 0. The van der Waals surface area contributed by atoms with Crippen LogP contribution in [-0.4, -0.2) is 24.9 Å². The number of hydrogen-bond acceptors (Lipinski definition) is 5. The van der Waals surface area contributed by atoms with Gasteiger partial charge in [0.1, 0.15) is 5.69 Å². The summed E-state index contributed by atoms with van der Waals surface area (Å²) in [5.74, 6) is 1.68. The van der Waals surface area contributed by atoms with Crippen LogP contribution in [0.3, 0.4) is 0 Å². The maximum absolute atomic E-state index is 5.25. The van der Waals surface area contributed by atoms with Gasteiger partial charge in [-0.05, 0) is 34.4 Å². The van der Waals surface area contributed by atoms with E-state index in [2.05, 4.69) is 97.1 Å². The van der Waals surface area contributed by atoms with Crippen molar-refractivity contribution < 1.29 is 0 Å². The molecule has 0 amide bonds. The Bertz CT molecular complexity index is 2610. The van der Waals surface area contributed by atoms with Crippen molar-refractivity contribution in [3.8, 4) is 67.8 Å². The lowest BCUT2D eigenvalue weighted by Gasteiger charge is -2.13. The van der Waals surface area contributed by atoms with Gasteiger partial charge in [0.05, 0.1) is 16.7 Å². The van der Waals surface area contributed by atoms with Crippen LogP contribution >= 0.6 is 0 Å². The number of rotatable bonds is 6. The quantitative estimate of drug-likeness (QED) is 0.169. The van der Waals surface area contributed by atoms with Crippen molar-refractivity contribution in [2.24, 2.45) is 0 Å². The fourth-order valence-electron chi connectivity index (χ4n) is 6.39. The molecule has 0 radical (unpaired) electrons. The van der Waals surface area contributed by atoms with Gasteiger partial charge in [0, 0.05) is 27.5 Å². The molecule has 0 spiro atoms. The van der Waals surface area contributed by atoms with Gasteiger partial charge in [-0.3, -0.25) is 0 Å². The molecule has 5 heteroatoms. The molecule has 0 N–H and O–H groups in total. The number of nitrogens with zero attached hydrogens (tertiary/aromatic N) is 5. The summed E-state index contributed by atoms with van der Waals surface area (Å²) in [6.45, 7) is 0. The standard InChI is InChI=1S/C45H29N5/c1-5-13-30(14-6-1)31-21-23-36(24-22-31)44-48-43(35-19-11-4-12-20-35)49-45(50-44)39-28-26-34-25-27-37-38(32-15-7-2-8-16-32)29-40(33-17-9-3-10-18-33)47-42(37)41(34)46-39/h1-29H. The second-order valence-electron chi connectivity index (χ2n) is 12.1. The molecule has 9 aromatic rings. The van der Waals surface area contributed by atoms with Crippen LogP contribution in [0, 0.1) is 0 Å². The first-order valence-electron chi connectivity index (χ1n) is 16.6. The summed E-state index contributed by atoms with van der Waals surface area (Å²) in [4.78, 5) is 25.4. The number of benzene rings is 6. The van der Waals surface area contributed by atoms with Gasteiger partial charge in [0.25, 0.3) is 0 Å². The highest BCUT2D eigenvalue weighted by atomic mass is 15.0. The minimum absolute atomic E-state index is 0.502. The average Bonchev–Trinajstić information content (AvgIpc) is 3.21. The molecule has 50 heavy (non-hydrogen) atoms. The molecule has 5 nitrogen and oxygen atoms in total. The molecule has 0 saturated heterocycles. The van der Waals surface area contributed by atoms with E-state index in [1.807, 2.05) is 78.9 Å². The van der Waals surface area contributed by atoms with Crippen molar-refractivity contribution in [2.75, 3.05) is 0 Å². The largest absolute Gasteiger partial charge is 0.245 e. The number of pyridine rings is 2. The third-order valence-electron chi connectivity index (χ3n) is 8.94. The Kier molecular flexibility index (Phi) is 7.41. The van der Waals surface area contributed by atoms with E-state index >= 15 is 0 Å². The minimum Gasteiger partial charge on any atom is -0.245 e. The van der Waals surface area contributed by atoms with E-state index in [1.54, 1.807) is 0 Å². The summed E-state index contributed by atoms with van der Waals surface area (Å²) in [5, 5.41) is 2.03. The first-order valence-corrected chi connectivity index (χ1v) is 16.6. The smallest absolute Gasteiger partial charge is 0.182 e. The molecular weight excluding hydrogens is 611 g/mol. The van der Waals surface area contributed by atoms with Gasteiger partial charge < -0.3 is 0 Å². The molecule has 6 aromatic carbocycles. The lowest BCUT2D eigenvalue weighted by Crippen LogP contribution is -2.01. The summed E-state index contributed by atoms with van der Waals surface area (Å²) in [6, 6.07) is 60.0. The summed E-state index contributed by atoms with van der Waals surface area (Å²) in [6.07, 6.45) is 0. The van der Waals surface area contributed by atoms with Gasteiger partial charge in [0.15, 0.2) is 17.5 Å². The Balaban J connectivity index is 1.23. The zero-order chi connectivity index (χ0) is 33.3. The van der Waals surface area contributed by atoms with Gasteiger partial charge in [0.2, 0.25) is 0 Å². The van der Waals surface area contributed by atoms with Crippen LogP contribution in [0.1, 0.15) is 0 Å². The Morgan fingerprint density at radius 3 is 1.38 bits per heavy atom. The number of aromatic nitrogens is 5. The number of fused-ring (bicyclic) bond motifs is 3. The molecule has 0 aliphatic carbocycles. The normalized spacial score (nSPS) is 11.2. The van der Waals surface area contributed by atoms with Gasteiger partial charge >= 0.3 is 0 Å². The highest BCUT2D eigenvalue weighted by Gasteiger charge is 2.17. The van der Waals surface area contributed by atoms with Gasteiger partial charge in [-0.1, -0.05) is 164 Å². The van der Waals surface area contributed by atoms with Crippen molar-refractivity contribution in [2.45, 2.75) is 0 Å². The monoisotopic (exact) mass is 639 g/mol. The predicted octanol–water partition coefficient (Wildman–Crippen LogP) is 11.0. The maximum Gasteiger partial charge on any atom is 0.182 e. The Morgan fingerprint density at radius 2 is 0.740 bits per heavy atom. The van der Waals surface area contributed by atoms with Crippen molar-refractivity contribution in [1.82, 2.24) is 24.9 Å². The fraction of sp³-hybridized carbons (Fsp3) is 0. The molecule has 0 saturated carbocycles. The highest BCUT2D eigenvalue weighted by molar-refractivity contribution is 6.09. The Labute approximate surface area is 289 Å². The maximum atomic E-state index is 5.25. The van der Waals surface area contributed by atoms with Gasteiger partial charge in [-0.15, -0.1) is 0 Å². The molecule has 0 unspecified atom stereocenters. The van der Waals surface area contributed by atoms with Crippen LogP contribution in [0.25, 0.3) is 89.6 Å². The van der Waals surface area contributed by atoms with Crippen LogP contribution < -0.4 is 0 Å². The first kappa shape index (κ1) is 29.3. The molecular formula is C45H29N5. The van der Waals surface area contributed by atoms with Crippen molar-refractivity contribution >= 4 is 21.8 Å². The van der Waals surface area contributed by atoms with E-state index in [9.17, 15) is 0 Å². The van der Waals surface area contributed by atoms with Crippen molar-refractivity contribution in [1.29, 1.82) is 0 Å². The molecule has 0 aliphatic rings. The van der Waals surface area contributed by atoms with Crippen LogP contribution in [0.5, 0.6) is 0 Å². The van der Waals surface area contributed by atoms with E-state index in [0.29, 0.717) is 23.2 Å². The SMILES string of the molecule is c1ccc(-c2ccc(-c3nc(-c4ccccc4)nc(-c4ccc5ccc6c(-c7ccccc7)cc(-c7ccccc7)nc6c5n4)n3)cc2)cc1. The van der Waals surface area contributed by atoms with Crippen LogP contribution in [-0.2, 0) is 0 Å². The molecule has 9 rings (SSSR count). The minimum atomic E-state index is 0.502. The zero-order valence-corrected chi connectivity index (χ0v) is 27.0. The molecule has 0 bridgehead atoms. The van der Waals surface area contributed by atoms with Gasteiger partial charge in [-0.2, -0.15) is 0 Å². The van der Waals surface area contributed by atoms with Crippen molar-refractivity contribution in [3.63, 3.8) is 0 Å². The van der Waals surface area contributed by atoms with Crippen LogP contribution in [0.4, 0.5) is 0 Å². The summed E-state index contributed by atoms with van der Waals surface area (Å²) in [7, 11) is 0. The summed E-state index contributed by atoms with van der Waals surface area (Å²) >= 11 is 0. The third kappa shape index (κ3) is 5.57. The molecule has 0 aliphatic heterocycles. The molecule has 3 aromatic heterocycles. The third-order valence-corrected chi connectivity index (χ3v) is 8.94. The van der Waals surface area contributed by atoms with Gasteiger partial charge in [-0.25, -0.2) is 24.9 Å². The Morgan fingerprint density at radius 1 is 0.280 bits per heavy atom. The second kappa shape index (κ2) is 12.6. The lowest BCUT2D eigenvalue weighted by molar-refractivity contribution is 1.06. The highest BCUT2D eigenvalue weighted by Crippen LogP contribution is 2.36. The van der Waals surface area contributed by atoms with E-state index in [1.165, 1.54) is 0 Å².